The Morgan fingerprint density at radius 2 is 1.17 bits per heavy atom. The topological polar surface area (TPSA) is 32.6 Å². The molecule has 2 fully saturated rings. The van der Waals surface area contributed by atoms with Gasteiger partial charge >= 0.3 is 35.6 Å². The third-order valence-corrected chi connectivity index (χ3v) is 7.92. The molecule has 0 unspecified atom stereocenters. The quantitative estimate of drug-likeness (QED) is 0.291. The molecule has 0 amide bonds. The SMILES string of the molecule is Oc1c(C=Nc2ccccc2)cc(C2CCCCC2)cc1C1CCCCCCCCCCC1.[Cl][Ti][Cl]. The van der Waals surface area contributed by atoms with Crippen molar-refractivity contribution >= 4 is 30.5 Å². The fourth-order valence-corrected chi connectivity index (χ4v) is 5.92. The van der Waals surface area contributed by atoms with Crippen LogP contribution in [0.15, 0.2) is 47.5 Å². The van der Waals surface area contributed by atoms with Crippen molar-refractivity contribution in [3.05, 3.63) is 59.2 Å². The zero-order valence-electron chi connectivity index (χ0n) is 21.7. The third kappa shape index (κ3) is 10.2. The van der Waals surface area contributed by atoms with Crippen molar-refractivity contribution in [3.63, 3.8) is 0 Å². The maximum absolute atomic E-state index is 11.4. The summed E-state index contributed by atoms with van der Waals surface area (Å²) in [7, 11) is 9.78. The number of phenolic OH excluding ortho intramolecular Hbond substituents is 1. The van der Waals surface area contributed by atoms with Gasteiger partial charge in [-0.25, -0.2) is 0 Å². The van der Waals surface area contributed by atoms with Crippen LogP contribution in [0.5, 0.6) is 5.75 Å². The second-order valence-electron chi connectivity index (χ2n) is 10.5. The summed E-state index contributed by atoms with van der Waals surface area (Å²) in [6, 6.07) is 14.7. The van der Waals surface area contributed by atoms with E-state index in [2.05, 4.69) is 12.1 Å². The average molecular weight is 564 g/mol. The van der Waals surface area contributed by atoms with Gasteiger partial charge in [0.05, 0.1) is 5.69 Å². The van der Waals surface area contributed by atoms with E-state index in [-0.39, 0.29) is 0 Å². The number of hydrogen-bond acceptors (Lipinski definition) is 2. The Bertz CT molecular complexity index is 887. The molecule has 196 valence electrons. The number of aliphatic imine (C=N–C) groups is 1. The minimum atomic E-state index is -0.556. The number of benzene rings is 2. The number of aromatic hydroxyl groups is 1. The number of halogens is 2. The molecule has 5 heteroatoms. The summed E-state index contributed by atoms with van der Waals surface area (Å²) < 4.78 is 0. The Balaban J connectivity index is 0.00000115. The zero-order chi connectivity index (χ0) is 25.4. The van der Waals surface area contributed by atoms with Crippen LogP contribution in [-0.4, -0.2) is 11.3 Å². The fourth-order valence-electron chi connectivity index (χ4n) is 5.92. The van der Waals surface area contributed by atoms with E-state index in [4.69, 9.17) is 23.6 Å². The van der Waals surface area contributed by atoms with E-state index in [0.29, 0.717) is 17.6 Å². The van der Waals surface area contributed by atoms with Crippen LogP contribution in [0.1, 0.15) is 131 Å². The molecule has 1 N–H and O–H groups in total. The van der Waals surface area contributed by atoms with Gasteiger partial charge in [0.2, 0.25) is 0 Å². The van der Waals surface area contributed by atoms with Crippen molar-refractivity contribution in [1.29, 1.82) is 0 Å². The Morgan fingerprint density at radius 3 is 1.72 bits per heavy atom. The molecule has 2 aliphatic rings. The van der Waals surface area contributed by atoms with E-state index in [1.54, 1.807) is 0 Å². The molecule has 36 heavy (non-hydrogen) atoms. The normalized spacial score (nSPS) is 19.1. The fraction of sp³-hybridized carbons (Fsp3) is 0.581. The van der Waals surface area contributed by atoms with Crippen LogP contribution in [-0.2, 0) is 17.0 Å². The second-order valence-corrected chi connectivity index (χ2v) is 13.1. The molecule has 2 aromatic carbocycles. The third-order valence-electron chi connectivity index (χ3n) is 7.92. The molecule has 0 aliphatic heterocycles. The Morgan fingerprint density at radius 1 is 0.694 bits per heavy atom. The monoisotopic (exact) mass is 563 g/mol. The number of nitrogens with zero attached hydrogens (tertiary/aromatic N) is 1. The molecule has 2 saturated carbocycles. The number of rotatable bonds is 4. The molecular weight excluding hydrogens is 521 g/mol. The number of hydrogen-bond donors (Lipinski definition) is 1. The summed E-state index contributed by atoms with van der Waals surface area (Å²) in [5.41, 5.74) is 4.48. The first kappa shape index (κ1) is 29.8. The van der Waals surface area contributed by atoms with Crippen LogP contribution in [0.25, 0.3) is 0 Å². The predicted octanol–water partition coefficient (Wildman–Crippen LogP) is 11.0. The van der Waals surface area contributed by atoms with E-state index in [1.807, 2.05) is 36.5 Å². The molecular formula is C31H43Cl2NOTi. The summed E-state index contributed by atoms with van der Waals surface area (Å²) >= 11 is -0.556. The summed E-state index contributed by atoms with van der Waals surface area (Å²) in [6.45, 7) is 0. The molecule has 2 aliphatic carbocycles. The number of phenols is 1. The molecule has 0 bridgehead atoms. The van der Waals surface area contributed by atoms with Gasteiger partial charge in [0.25, 0.3) is 0 Å². The first-order valence-corrected chi connectivity index (χ1v) is 18.4. The maximum atomic E-state index is 11.4. The van der Waals surface area contributed by atoms with Crippen LogP contribution in [0.3, 0.4) is 0 Å². The van der Waals surface area contributed by atoms with Crippen molar-refractivity contribution in [1.82, 2.24) is 0 Å². The van der Waals surface area contributed by atoms with Gasteiger partial charge in [-0.05, 0) is 66.8 Å². The molecule has 2 aromatic rings. The molecule has 0 saturated heterocycles. The van der Waals surface area contributed by atoms with E-state index < -0.39 is 17.0 Å². The second kappa shape index (κ2) is 17.7. The predicted molar refractivity (Wildman–Crippen MR) is 153 cm³/mol. The standard InChI is InChI=1S/C31H43NO.2ClH.Ti/c33-31-28(24-32-29-20-14-9-15-21-29)22-27(25-16-12-8-13-17-25)23-30(31)26-18-10-6-4-2-1-3-5-7-11-19-26;;;/h9,14-15,20-26,33H,1-8,10-13,16-19H2;2*1H;/q;;;+2/p-2. The van der Waals surface area contributed by atoms with Crippen molar-refractivity contribution < 1.29 is 22.1 Å². The Kier molecular flexibility index (Phi) is 14.6. The Labute approximate surface area is 236 Å². The molecule has 0 radical (unpaired) electrons. The molecule has 0 aromatic heterocycles. The average Bonchev–Trinajstić information content (AvgIpc) is 2.90. The van der Waals surface area contributed by atoms with Crippen LogP contribution >= 0.6 is 18.6 Å². The number of para-hydroxylation sites is 1. The van der Waals surface area contributed by atoms with Gasteiger partial charge in [0.1, 0.15) is 5.75 Å². The van der Waals surface area contributed by atoms with E-state index in [9.17, 15) is 5.11 Å². The van der Waals surface area contributed by atoms with Gasteiger partial charge in [-0.2, -0.15) is 0 Å². The van der Waals surface area contributed by atoms with E-state index in [1.165, 1.54) is 114 Å². The first-order chi connectivity index (χ1) is 17.7. The summed E-state index contributed by atoms with van der Waals surface area (Å²) in [4.78, 5) is 4.71. The van der Waals surface area contributed by atoms with Crippen LogP contribution in [0, 0.1) is 0 Å². The van der Waals surface area contributed by atoms with Gasteiger partial charge in [-0.15, -0.1) is 0 Å². The summed E-state index contributed by atoms with van der Waals surface area (Å²) in [5.74, 6) is 1.58. The van der Waals surface area contributed by atoms with Gasteiger partial charge < -0.3 is 5.11 Å². The van der Waals surface area contributed by atoms with Crippen LogP contribution in [0.2, 0.25) is 0 Å². The van der Waals surface area contributed by atoms with Crippen molar-refractivity contribution in [2.45, 2.75) is 115 Å². The summed E-state index contributed by atoms with van der Waals surface area (Å²) in [6.07, 6.45) is 23.1. The van der Waals surface area contributed by atoms with Gasteiger partial charge in [-0.3, -0.25) is 4.99 Å². The minimum absolute atomic E-state index is 0.469. The first-order valence-electron chi connectivity index (χ1n) is 14.1. The molecule has 0 atom stereocenters. The van der Waals surface area contributed by atoms with E-state index in [0.717, 1.165) is 11.3 Å². The van der Waals surface area contributed by atoms with E-state index >= 15 is 0 Å². The van der Waals surface area contributed by atoms with Crippen LogP contribution in [0.4, 0.5) is 5.69 Å². The Hall–Kier alpha value is -0.796. The van der Waals surface area contributed by atoms with Crippen molar-refractivity contribution in [2.24, 2.45) is 4.99 Å². The molecule has 0 heterocycles. The molecule has 4 rings (SSSR count). The zero-order valence-corrected chi connectivity index (χ0v) is 24.8. The van der Waals surface area contributed by atoms with Crippen molar-refractivity contribution in [3.8, 4) is 5.75 Å². The van der Waals surface area contributed by atoms with Crippen molar-refractivity contribution in [2.75, 3.05) is 0 Å². The molecule has 2 nitrogen and oxygen atoms in total. The van der Waals surface area contributed by atoms with Gasteiger partial charge in [0, 0.05) is 11.8 Å². The van der Waals surface area contributed by atoms with Gasteiger partial charge in [0.15, 0.2) is 0 Å². The van der Waals surface area contributed by atoms with Crippen LogP contribution < -0.4 is 0 Å². The molecule has 0 spiro atoms. The van der Waals surface area contributed by atoms with Gasteiger partial charge in [-0.1, -0.05) is 101 Å². The summed E-state index contributed by atoms with van der Waals surface area (Å²) in [5, 5.41) is 11.4.